The van der Waals surface area contributed by atoms with Crippen LogP contribution in [0.25, 0.3) is 11.1 Å². The molecule has 0 radical (unpaired) electrons. The van der Waals surface area contributed by atoms with Crippen molar-refractivity contribution >= 4 is 22.7 Å². The van der Waals surface area contributed by atoms with Gasteiger partial charge in [0.1, 0.15) is 6.07 Å². The van der Waals surface area contributed by atoms with Gasteiger partial charge < -0.3 is 0 Å². The zero-order chi connectivity index (χ0) is 16.1. The molecular weight excluding hydrogens is 302 g/mol. The van der Waals surface area contributed by atoms with Crippen LogP contribution in [0.3, 0.4) is 0 Å². The maximum Gasteiger partial charge on any atom is 0.100 e. The Labute approximate surface area is 141 Å². The van der Waals surface area contributed by atoms with Crippen molar-refractivity contribution < 1.29 is 0 Å². The zero-order valence-electron chi connectivity index (χ0n) is 12.4. The Bertz CT molecular complexity index is 874. The van der Waals surface area contributed by atoms with Crippen LogP contribution >= 0.6 is 11.6 Å². The van der Waals surface area contributed by atoms with Crippen LogP contribution in [-0.2, 0) is 0 Å². The third-order valence-corrected chi connectivity index (χ3v) is 3.84. The van der Waals surface area contributed by atoms with Gasteiger partial charge in [0.25, 0.3) is 0 Å². The fourth-order valence-electron chi connectivity index (χ4n) is 2.57. The van der Waals surface area contributed by atoms with Gasteiger partial charge in [-0.15, -0.1) is 0 Å². The first-order valence-corrected chi connectivity index (χ1v) is 7.68. The van der Waals surface area contributed by atoms with Gasteiger partial charge in [-0.3, -0.25) is 0 Å². The van der Waals surface area contributed by atoms with Crippen molar-refractivity contribution in [1.82, 2.24) is 0 Å². The Morgan fingerprint density at radius 2 is 1.26 bits per heavy atom. The summed E-state index contributed by atoms with van der Waals surface area (Å²) in [7, 11) is 0. The molecule has 0 aromatic heterocycles. The van der Waals surface area contributed by atoms with Gasteiger partial charge in [-0.1, -0.05) is 84.4 Å². The number of benzene rings is 3. The fraction of sp³-hybridized carbons (Fsp3) is 0. The lowest BCUT2D eigenvalue weighted by Crippen LogP contribution is -1.94. The van der Waals surface area contributed by atoms with E-state index in [0.29, 0.717) is 10.6 Å². The predicted octanol–water partition coefficient (Wildman–Crippen LogP) is 5.82. The van der Waals surface area contributed by atoms with Crippen LogP contribution in [0.5, 0.6) is 0 Å². The number of nitriles is 1. The Morgan fingerprint density at radius 3 is 1.83 bits per heavy atom. The largest absolute Gasteiger partial charge is 0.192 e. The summed E-state index contributed by atoms with van der Waals surface area (Å²) in [4.78, 5) is 0. The number of hydrogen-bond acceptors (Lipinski definition) is 1. The van der Waals surface area contributed by atoms with Crippen molar-refractivity contribution in [2.75, 3.05) is 0 Å². The van der Waals surface area contributed by atoms with Crippen LogP contribution in [0.15, 0.2) is 84.9 Å². The summed E-state index contributed by atoms with van der Waals surface area (Å²) in [6, 6.07) is 29.6. The highest BCUT2D eigenvalue weighted by Crippen LogP contribution is 2.32. The number of halogens is 1. The van der Waals surface area contributed by atoms with E-state index in [9.17, 15) is 5.26 Å². The van der Waals surface area contributed by atoms with E-state index < -0.39 is 0 Å². The summed E-state index contributed by atoms with van der Waals surface area (Å²) in [6.45, 7) is 0. The molecule has 23 heavy (non-hydrogen) atoms. The van der Waals surface area contributed by atoms with Crippen molar-refractivity contribution in [2.24, 2.45) is 0 Å². The van der Waals surface area contributed by atoms with Crippen molar-refractivity contribution in [2.45, 2.75) is 0 Å². The molecule has 0 heterocycles. The lowest BCUT2D eigenvalue weighted by Gasteiger charge is -2.12. The minimum atomic E-state index is 0.638. The van der Waals surface area contributed by atoms with Gasteiger partial charge in [-0.05, 0) is 28.8 Å². The van der Waals surface area contributed by atoms with Gasteiger partial charge in [0, 0.05) is 10.6 Å². The Morgan fingerprint density at radius 1 is 0.696 bits per heavy atom. The fourth-order valence-corrected chi connectivity index (χ4v) is 2.76. The van der Waals surface area contributed by atoms with E-state index >= 15 is 0 Å². The molecule has 0 N–H and O–H groups in total. The van der Waals surface area contributed by atoms with E-state index in [1.807, 2.05) is 84.9 Å². The molecule has 0 atom stereocenters. The monoisotopic (exact) mass is 315 g/mol. The molecule has 3 rings (SSSR count). The van der Waals surface area contributed by atoms with E-state index in [1.165, 1.54) is 0 Å². The molecule has 3 aromatic rings. The van der Waals surface area contributed by atoms with Crippen LogP contribution < -0.4 is 0 Å². The molecule has 0 aliphatic carbocycles. The molecule has 1 nitrogen and oxygen atoms in total. The summed E-state index contributed by atoms with van der Waals surface area (Å²) in [5.41, 5.74) is 4.36. The number of allylic oxidation sites excluding steroid dienone is 1. The molecule has 0 unspecified atom stereocenters. The third kappa shape index (κ3) is 3.34. The summed E-state index contributed by atoms with van der Waals surface area (Å²) >= 11 is 6.16. The molecule has 0 amide bonds. The summed E-state index contributed by atoms with van der Waals surface area (Å²) in [6.07, 6.45) is 0. The van der Waals surface area contributed by atoms with Crippen LogP contribution in [0.4, 0.5) is 0 Å². The second-order valence-corrected chi connectivity index (χ2v) is 5.54. The standard InChI is InChI=1S/C21H14ClN/c22-19-13-7-12-18(14-19)21(17-10-5-2-6-11-17)20(15-23)16-8-3-1-4-9-16/h1-14H/b21-20+. The van der Waals surface area contributed by atoms with Crippen molar-refractivity contribution in [3.05, 3.63) is 107 Å². The molecule has 0 bridgehead atoms. The molecule has 2 heteroatoms. The number of nitrogens with zero attached hydrogens (tertiary/aromatic N) is 1. The first-order valence-electron chi connectivity index (χ1n) is 7.31. The van der Waals surface area contributed by atoms with Crippen molar-refractivity contribution in [1.29, 1.82) is 5.26 Å². The van der Waals surface area contributed by atoms with E-state index in [4.69, 9.17) is 11.6 Å². The molecule has 0 saturated carbocycles. The first kappa shape index (κ1) is 15.1. The summed E-state index contributed by atoms with van der Waals surface area (Å²) in [5, 5.41) is 10.5. The zero-order valence-corrected chi connectivity index (χ0v) is 13.2. The average molecular weight is 316 g/mol. The van der Waals surface area contributed by atoms with Gasteiger partial charge in [0.2, 0.25) is 0 Å². The first-order chi connectivity index (χ1) is 11.3. The Kier molecular flexibility index (Phi) is 4.57. The SMILES string of the molecule is N#C/C(=C(/c1ccccc1)c1cccc(Cl)c1)c1ccccc1. The predicted molar refractivity (Wildman–Crippen MR) is 95.9 cm³/mol. The highest BCUT2D eigenvalue weighted by Gasteiger charge is 2.13. The molecule has 0 saturated heterocycles. The van der Waals surface area contributed by atoms with Gasteiger partial charge in [-0.25, -0.2) is 0 Å². The summed E-state index contributed by atoms with van der Waals surface area (Å²) in [5.74, 6) is 0. The lowest BCUT2D eigenvalue weighted by atomic mass is 9.90. The molecule has 110 valence electrons. The van der Waals surface area contributed by atoms with Crippen LogP contribution in [0.1, 0.15) is 16.7 Å². The molecule has 0 spiro atoms. The smallest absolute Gasteiger partial charge is 0.100 e. The van der Waals surface area contributed by atoms with Gasteiger partial charge in [-0.2, -0.15) is 5.26 Å². The second-order valence-electron chi connectivity index (χ2n) is 5.10. The molecule has 0 aliphatic heterocycles. The molecule has 0 aliphatic rings. The van der Waals surface area contributed by atoms with Crippen LogP contribution in [0, 0.1) is 11.3 Å². The molecular formula is C21H14ClN. The van der Waals surface area contributed by atoms with Gasteiger partial charge in [0.05, 0.1) is 5.57 Å². The van der Waals surface area contributed by atoms with Crippen LogP contribution in [0.2, 0.25) is 5.02 Å². The Balaban J connectivity index is 2.32. The topological polar surface area (TPSA) is 23.8 Å². The Hall–Kier alpha value is -2.82. The van der Waals surface area contributed by atoms with Crippen LogP contribution in [-0.4, -0.2) is 0 Å². The molecule has 0 fully saturated rings. The summed E-state index contributed by atoms with van der Waals surface area (Å²) < 4.78 is 0. The van der Waals surface area contributed by atoms with E-state index in [2.05, 4.69) is 6.07 Å². The highest BCUT2D eigenvalue weighted by molar-refractivity contribution is 6.30. The normalized spacial score (nSPS) is 11.5. The van der Waals surface area contributed by atoms with E-state index in [-0.39, 0.29) is 0 Å². The quantitative estimate of drug-likeness (QED) is 0.441. The van der Waals surface area contributed by atoms with E-state index in [0.717, 1.165) is 22.3 Å². The second kappa shape index (κ2) is 6.96. The van der Waals surface area contributed by atoms with Gasteiger partial charge in [0.15, 0.2) is 0 Å². The van der Waals surface area contributed by atoms with E-state index in [1.54, 1.807) is 0 Å². The highest BCUT2D eigenvalue weighted by atomic mass is 35.5. The number of rotatable bonds is 3. The maximum absolute atomic E-state index is 9.80. The van der Waals surface area contributed by atoms with Crippen molar-refractivity contribution in [3.63, 3.8) is 0 Å². The minimum Gasteiger partial charge on any atom is -0.192 e. The van der Waals surface area contributed by atoms with Crippen molar-refractivity contribution in [3.8, 4) is 6.07 Å². The maximum atomic E-state index is 9.80. The third-order valence-electron chi connectivity index (χ3n) is 3.60. The minimum absolute atomic E-state index is 0.638. The number of hydrogen-bond donors (Lipinski definition) is 0. The average Bonchev–Trinajstić information content (AvgIpc) is 2.61. The lowest BCUT2D eigenvalue weighted by molar-refractivity contribution is 1.50. The van der Waals surface area contributed by atoms with Gasteiger partial charge >= 0.3 is 0 Å². The molecule has 3 aromatic carbocycles.